The van der Waals surface area contributed by atoms with Crippen molar-refractivity contribution in [1.82, 2.24) is 9.59 Å². The van der Waals surface area contributed by atoms with Crippen molar-refractivity contribution in [3.05, 3.63) is 11.1 Å². The van der Waals surface area contributed by atoms with Crippen LogP contribution in [0.25, 0.3) is 0 Å². The number of rotatable bonds is 3. The molecular formula is C11H18N2OS. The van der Waals surface area contributed by atoms with Crippen molar-refractivity contribution in [3.63, 3.8) is 0 Å². The number of aromatic nitrogens is 2. The fourth-order valence-corrected chi connectivity index (χ4v) is 3.02. The van der Waals surface area contributed by atoms with Crippen LogP contribution in [0, 0.1) is 11.8 Å². The lowest BCUT2D eigenvalue weighted by atomic mass is 9.77. The van der Waals surface area contributed by atoms with Gasteiger partial charge in [0, 0.05) is 5.38 Å². The van der Waals surface area contributed by atoms with E-state index in [1.165, 1.54) is 30.8 Å². The third-order valence-corrected chi connectivity index (χ3v) is 4.05. The van der Waals surface area contributed by atoms with Gasteiger partial charge < -0.3 is 5.11 Å². The highest BCUT2D eigenvalue weighted by atomic mass is 32.1. The molecule has 0 aromatic carbocycles. The highest BCUT2D eigenvalue weighted by molar-refractivity contribution is 7.03. The highest BCUT2D eigenvalue weighted by Gasteiger charge is 2.28. The summed E-state index contributed by atoms with van der Waals surface area (Å²) < 4.78 is 3.81. The molecule has 3 nitrogen and oxygen atoms in total. The van der Waals surface area contributed by atoms with Crippen molar-refractivity contribution in [3.8, 4) is 0 Å². The molecule has 2 rings (SSSR count). The minimum Gasteiger partial charge on any atom is -0.386 e. The van der Waals surface area contributed by atoms with E-state index in [2.05, 4.69) is 16.5 Å². The van der Waals surface area contributed by atoms with Gasteiger partial charge in [0.05, 0.1) is 0 Å². The lowest BCUT2D eigenvalue weighted by molar-refractivity contribution is 0.0645. The molecule has 1 fully saturated rings. The van der Waals surface area contributed by atoms with Crippen LogP contribution in [0.3, 0.4) is 0 Å². The summed E-state index contributed by atoms with van der Waals surface area (Å²) in [6, 6.07) is 0. The van der Waals surface area contributed by atoms with E-state index in [9.17, 15) is 5.11 Å². The van der Waals surface area contributed by atoms with E-state index in [1.807, 2.05) is 5.38 Å². The van der Waals surface area contributed by atoms with Gasteiger partial charge in [-0.15, -0.1) is 5.10 Å². The second-order valence-corrected chi connectivity index (χ2v) is 5.09. The lowest BCUT2D eigenvalue weighted by Crippen LogP contribution is -2.21. The maximum absolute atomic E-state index is 10.2. The van der Waals surface area contributed by atoms with Gasteiger partial charge in [-0.05, 0) is 36.2 Å². The van der Waals surface area contributed by atoms with Crippen LogP contribution < -0.4 is 0 Å². The number of nitrogens with zero attached hydrogens (tertiary/aromatic N) is 2. The van der Waals surface area contributed by atoms with E-state index < -0.39 is 6.10 Å². The summed E-state index contributed by atoms with van der Waals surface area (Å²) in [5, 5.41) is 16.0. The van der Waals surface area contributed by atoms with E-state index in [-0.39, 0.29) is 0 Å². The first-order chi connectivity index (χ1) is 7.31. The normalized spacial score (nSPS) is 28.9. The van der Waals surface area contributed by atoms with Gasteiger partial charge in [-0.2, -0.15) is 0 Å². The lowest BCUT2D eigenvalue weighted by Gasteiger charge is -2.30. The standard InChI is InChI=1S/C11H18N2OS/c1-2-8-4-3-5-9(6-8)11(14)10-7-15-13-12-10/h7-9,11,14H,2-6H2,1H3. The monoisotopic (exact) mass is 226 g/mol. The summed E-state index contributed by atoms with van der Waals surface area (Å²) in [4.78, 5) is 0. The van der Waals surface area contributed by atoms with Crippen LogP contribution >= 0.6 is 11.5 Å². The average Bonchev–Trinajstić information content (AvgIpc) is 2.81. The Balaban J connectivity index is 1.98. The minimum atomic E-state index is -0.391. The number of hydrogen-bond acceptors (Lipinski definition) is 4. The Hall–Kier alpha value is -0.480. The molecule has 0 amide bonds. The van der Waals surface area contributed by atoms with Crippen LogP contribution in [-0.2, 0) is 0 Å². The van der Waals surface area contributed by atoms with Crippen molar-refractivity contribution in [2.45, 2.75) is 45.1 Å². The second-order valence-electron chi connectivity index (χ2n) is 4.48. The largest absolute Gasteiger partial charge is 0.386 e. The summed E-state index contributed by atoms with van der Waals surface area (Å²) in [6.07, 6.45) is 5.70. The molecule has 4 heteroatoms. The highest BCUT2D eigenvalue weighted by Crippen LogP contribution is 2.37. The van der Waals surface area contributed by atoms with Crippen molar-refractivity contribution in [2.75, 3.05) is 0 Å². The molecule has 1 aliphatic carbocycles. The topological polar surface area (TPSA) is 46.0 Å². The van der Waals surface area contributed by atoms with E-state index in [0.29, 0.717) is 5.92 Å². The van der Waals surface area contributed by atoms with E-state index in [4.69, 9.17) is 0 Å². The second kappa shape index (κ2) is 5.03. The molecule has 0 spiro atoms. The van der Waals surface area contributed by atoms with Crippen molar-refractivity contribution in [2.24, 2.45) is 11.8 Å². The number of aliphatic hydroxyl groups is 1. The predicted octanol–water partition coefficient (Wildman–Crippen LogP) is 2.79. The number of hydrogen-bond donors (Lipinski definition) is 1. The van der Waals surface area contributed by atoms with Gasteiger partial charge in [0.2, 0.25) is 0 Å². The van der Waals surface area contributed by atoms with Gasteiger partial charge in [-0.1, -0.05) is 30.7 Å². The third kappa shape index (κ3) is 2.55. The zero-order valence-corrected chi connectivity index (χ0v) is 9.91. The Labute approximate surface area is 94.7 Å². The van der Waals surface area contributed by atoms with Gasteiger partial charge in [0.1, 0.15) is 11.8 Å². The molecule has 1 heterocycles. The molecule has 1 N–H and O–H groups in total. The Morgan fingerprint density at radius 1 is 1.60 bits per heavy atom. The predicted molar refractivity (Wildman–Crippen MR) is 60.6 cm³/mol. The van der Waals surface area contributed by atoms with Crippen LogP contribution in [0.2, 0.25) is 0 Å². The molecule has 0 saturated heterocycles. The van der Waals surface area contributed by atoms with Gasteiger partial charge in [0.25, 0.3) is 0 Å². The Morgan fingerprint density at radius 2 is 2.47 bits per heavy atom. The smallest absolute Gasteiger partial charge is 0.104 e. The molecule has 3 atom stereocenters. The molecule has 3 unspecified atom stereocenters. The Kier molecular flexibility index (Phi) is 3.70. The number of aliphatic hydroxyl groups excluding tert-OH is 1. The summed E-state index contributed by atoms with van der Waals surface area (Å²) >= 11 is 1.32. The molecule has 0 aliphatic heterocycles. The summed E-state index contributed by atoms with van der Waals surface area (Å²) in [7, 11) is 0. The van der Waals surface area contributed by atoms with Crippen LogP contribution in [-0.4, -0.2) is 14.7 Å². The first-order valence-electron chi connectivity index (χ1n) is 5.76. The van der Waals surface area contributed by atoms with E-state index in [0.717, 1.165) is 24.5 Å². The maximum Gasteiger partial charge on any atom is 0.104 e. The summed E-state index contributed by atoms with van der Waals surface area (Å²) in [5.74, 6) is 1.19. The molecule has 0 radical (unpaired) electrons. The Morgan fingerprint density at radius 3 is 3.13 bits per heavy atom. The van der Waals surface area contributed by atoms with Gasteiger partial charge in [-0.25, -0.2) is 0 Å². The molecule has 84 valence electrons. The van der Waals surface area contributed by atoms with Crippen molar-refractivity contribution >= 4 is 11.5 Å². The SMILES string of the molecule is CCC1CCCC(C(O)c2csnn2)C1. The molecule has 1 aliphatic rings. The fraction of sp³-hybridized carbons (Fsp3) is 0.818. The minimum absolute atomic E-state index is 0.391. The molecule has 1 aromatic rings. The molecule has 1 saturated carbocycles. The average molecular weight is 226 g/mol. The first kappa shape index (κ1) is 11.0. The van der Waals surface area contributed by atoms with Crippen molar-refractivity contribution in [1.29, 1.82) is 0 Å². The summed E-state index contributed by atoms with van der Waals surface area (Å²) in [5.41, 5.74) is 0.766. The van der Waals surface area contributed by atoms with Gasteiger partial charge in [0.15, 0.2) is 0 Å². The fourth-order valence-electron chi connectivity index (χ4n) is 2.53. The zero-order valence-electron chi connectivity index (χ0n) is 9.09. The van der Waals surface area contributed by atoms with Crippen LogP contribution in [0.5, 0.6) is 0 Å². The van der Waals surface area contributed by atoms with Crippen LogP contribution in [0.1, 0.15) is 50.8 Å². The zero-order chi connectivity index (χ0) is 10.7. The van der Waals surface area contributed by atoms with E-state index >= 15 is 0 Å². The molecule has 15 heavy (non-hydrogen) atoms. The quantitative estimate of drug-likeness (QED) is 0.862. The summed E-state index contributed by atoms with van der Waals surface area (Å²) in [6.45, 7) is 2.24. The molecule has 1 aromatic heterocycles. The van der Waals surface area contributed by atoms with Crippen LogP contribution in [0.15, 0.2) is 5.38 Å². The van der Waals surface area contributed by atoms with E-state index in [1.54, 1.807) is 0 Å². The van der Waals surface area contributed by atoms with Crippen molar-refractivity contribution < 1.29 is 5.11 Å². The Bertz CT molecular complexity index is 289. The first-order valence-corrected chi connectivity index (χ1v) is 6.60. The van der Waals surface area contributed by atoms with Gasteiger partial charge in [-0.3, -0.25) is 0 Å². The van der Waals surface area contributed by atoms with Gasteiger partial charge >= 0.3 is 0 Å². The third-order valence-electron chi connectivity index (χ3n) is 3.53. The maximum atomic E-state index is 10.2. The van der Waals surface area contributed by atoms with Crippen LogP contribution in [0.4, 0.5) is 0 Å². The molecular weight excluding hydrogens is 208 g/mol. The molecule has 0 bridgehead atoms.